The number of furan rings is 1. The van der Waals surface area contributed by atoms with Gasteiger partial charge in [-0.05, 0) is 55.9 Å². The number of pyridine rings is 1. The van der Waals surface area contributed by atoms with Gasteiger partial charge in [-0.2, -0.15) is 0 Å². The average molecular weight is 427 g/mol. The number of fused-ring (bicyclic) bond motifs is 2. The monoisotopic (exact) mass is 426 g/mol. The van der Waals surface area contributed by atoms with Crippen molar-refractivity contribution in [2.24, 2.45) is 5.92 Å². The van der Waals surface area contributed by atoms with Gasteiger partial charge in [0, 0.05) is 29.6 Å². The lowest BCUT2D eigenvalue weighted by Gasteiger charge is -2.36. The molecule has 1 amide bonds. The molecule has 7 heteroatoms. The molecular weight excluding hydrogens is 404 g/mol. The normalized spacial score (nSPS) is 20.5. The Morgan fingerprint density at radius 2 is 1.93 bits per heavy atom. The largest absolute Gasteiger partial charge is 0.459 e. The molecule has 0 N–H and O–H groups in total. The molecule has 1 aromatic carbocycles. The van der Waals surface area contributed by atoms with Crippen molar-refractivity contribution in [1.82, 2.24) is 9.88 Å². The minimum Gasteiger partial charge on any atom is -0.459 e. The molecule has 1 saturated carbocycles. The number of halogens is 1. The van der Waals surface area contributed by atoms with Crippen LogP contribution in [-0.2, 0) is 6.54 Å². The number of rotatable bonds is 4. The molecule has 0 saturated heterocycles. The second-order valence-corrected chi connectivity index (χ2v) is 8.52. The first kappa shape index (κ1) is 19.2. The van der Waals surface area contributed by atoms with Gasteiger partial charge < -0.3 is 18.8 Å². The van der Waals surface area contributed by atoms with E-state index in [2.05, 4.69) is 11.9 Å². The summed E-state index contributed by atoms with van der Waals surface area (Å²) in [5.74, 6) is 2.30. The summed E-state index contributed by atoms with van der Waals surface area (Å²) in [6.07, 6.45) is 5.71. The number of nitrogens with zero attached hydrogens (tertiary/aromatic N) is 2. The summed E-state index contributed by atoms with van der Waals surface area (Å²) in [7, 11) is 0. The van der Waals surface area contributed by atoms with Crippen LogP contribution in [0.1, 0.15) is 48.7 Å². The van der Waals surface area contributed by atoms with Gasteiger partial charge in [-0.25, -0.2) is 4.98 Å². The number of ether oxygens (including phenoxy) is 2. The standard InChI is InChI=1S/C23H23ClN2O4/c1-14-4-6-17(7-5-14)26(23(27)19-3-2-8-28-19)12-16-9-15-10-20-21(30-13-29-20)11-18(15)25-22(16)24/h2-3,8-11,14,17H,4-7,12-13H2,1H3. The van der Waals surface area contributed by atoms with Gasteiger partial charge in [0.2, 0.25) is 6.79 Å². The highest BCUT2D eigenvalue weighted by Gasteiger charge is 2.30. The van der Waals surface area contributed by atoms with Crippen LogP contribution in [0.5, 0.6) is 11.5 Å². The van der Waals surface area contributed by atoms with Gasteiger partial charge in [0.25, 0.3) is 5.91 Å². The van der Waals surface area contributed by atoms with Crippen LogP contribution in [0.3, 0.4) is 0 Å². The molecule has 1 aliphatic heterocycles. The first-order valence-corrected chi connectivity index (χ1v) is 10.7. The molecule has 1 aliphatic carbocycles. The van der Waals surface area contributed by atoms with E-state index in [0.717, 1.165) is 42.1 Å². The van der Waals surface area contributed by atoms with E-state index in [-0.39, 0.29) is 18.7 Å². The van der Waals surface area contributed by atoms with Crippen LogP contribution in [0, 0.1) is 5.92 Å². The highest BCUT2D eigenvalue weighted by atomic mass is 35.5. The zero-order valence-electron chi connectivity index (χ0n) is 16.8. The fourth-order valence-electron chi connectivity index (χ4n) is 4.34. The van der Waals surface area contributed by atoms with E-state index in [1.807, 2.05) is 23.1 Å². The number of amides is 1. The zero-order chi connectivity index (χ0) is 20.7. The van der Waals surface area contributed by atoms with Gasteiger partial charge in [0.15, 0.2) is 17.3 Å². The van der Waals surface area contributed by atoms with Crippen molar-refractivity contribution >= 4 is 28.4 Å². The topological polar surface area (TPSA) is 64.8 Å². The van der Waals surface area contributed by atoms with Gasteiger partial charge in [-0.1, -0.05) is 18.5 Å². The van der Waals surface area contributed by atoms with Crippen LogP contribution in [-0.4, -0.2) is 28.6 Å². The van der Waals surface area contributed by atoms with Crippen molar-refractivity contribution in [3.8, 4) is 11.5 Å². The van der Waals surface area contributed by atoms with Gasteiger partial charge >= 0.3 is 0 Å². The second kappa shape index (κ2) is 7.84. The summed E-state index contributed by atoms with van der Waals surface area (Å²) in [6.45, 7) is 2.86. The number of carbonyl (C=O) groups excluding carboxylic acids is 1. The Kier molecular flexibility index (Phi) is 5.03. The number of benzene rings is 1. The highest BCUT2D eigenvalue weighted by molar-refractivity contribution is 6.30. The molecule has 5 rings (SSSR count). The zero-order valence-corrected chi connectivity index (χ0v) is 17.5. The Bertz CT molecular complexity index is 1070. The molecule has 0 atom stereocenters. The van der Waals surface area contributed by atoms with Crippen molar-refractivity contribution in [2.75, 3.05) is 6.79 Å². The third kappa shape index (κ3) is 3.60. The summed E-state index contributed by atoms with van der Waals surface area (Å²) in [4.78, 5) is 19.7. The predicted octanol–water partition coefficient (Wildman–Crippen LogP) is 5.43. The average Bonchev–Trinajstić information content (AvgIpc) is 3.43. The minimum atomic E-state index is -0.110. The maximum atomic E-state index is 13.3. The Morgan fingerprint density at radius 1 is 1.17 bits per heavy atom. The Labute approximate surface area is 179 Å². The lowest BCUT2D eigenvalue weighted by molar-refractivity contribution is 0.0561. The fraction of sp³-hybridized carbons (Fsp3) is 0.391. The maximum Gasteiger partial charge on any atom is 0.290 e. The molecule has 1 fully saturated rings. The first-order chi connectivity index (χ1) is 14.6. The predicted molar refractivity (Wildman–Crippen MR) is 113 cm³/mol. The van der Waals surface area contributed by atoms with Crippen molar-refractivity contribution in [1.29, 1.82) is 0 Å². The molecule has 6 nitrogen and oxygen atoms in total. The number of aromatic nitrogens is 1. The smallest absolute Gasteiger partial charge is 0.290 e. The fourth-order valence-corrected chi connectivity index (χ4v) is 4.55. The molecular formula is C23H23ClN2O4. The molecule has 2 aromatic heterocycles. The van der Waals surface area contributed by atoms with Crippen LogP contribution < -0.4 is 9.47 Å². The maximum absolute atomic E-state index is 13.3. The van der Waals surface area contributed by atoms with Crippen molar-refractivity contribution in [3.63, 3.8) is 0 Å². The van der Waals surface area contributed by atoms with Gasteiger partial charge in [-0.15, -0.1) is 0 Å². The number of hydrogen-bond acceptors (Lipinski definition) is 5. The first-order valence-electron chi connectivity index (χ1n) is 10.3. The van der Waals surface area contributed by atoms with Gasteiger partial charge in [0.05, 0.1) is 11.8 Å². The highest BCUT2D eigenvalue weighted by Crippen LogP contribution is 2.37. The van der Waals surface area contributed by atoms with Crippen LogP contribution >= 0.6 is 11.6 Å². The Hall–Kier alpha value is -2.73. The van der Waals surface area contributed by atoms with Crippen molar-refractivity contribution < 1.29 is 18.7 Å². The molecule has 156 valence electrons. The SMILES string of the molecule is CC1CCC(N(Cc2cc3cc4c(cc3nc2Cl)OCO4)C(=O)c2ccco2)CC1. The van der Waals surface area contributed by atoms with Crippen LogP contribution in [0.25, 0.3) is 10.9 Å². The van der Waals surface area contributed by atoms with Gasteiger partial charge in [-0.3, -0.25) is 4.79 Å². The van der Waals surface area contributed by atoms with Crippen molar-refractivity contribution in [3.05, 3.63) is 53.1 Å². The summed E-state index contributed by atoms with van der Waals surface area (Å²) < 4.78 is 16.3. The summed E-state index contributed by atoms with van der Waals surface area (Å²) in [5, 5.41) is 1.30. The van der Waals surface area contributed by atoms with Crippen molar-refractivity contribution in [2.45, 2.75) is 45.2 Å². The van der Waals surface area contributed by atoms with Gasteiger partial charge in [0.1, 0.15) is 5.15 Å². The van der Waals surface area contributed by atoms with Crippen LogP contribution in [0.4, 0.5) is 0 Å². The number of carbonyl (C=O) groups is 1. The molecule has 0 radical (unpaired) electrons. The molecule has 3 heterocycles. The third-order valence-electron chi connectivity index (χ3n) is 6.09. The van der Waals surface area contributed by atoms with E-state index in [4.69, 9.17) is 25.5 Å². The van der Waals surface area contributed by atoms with E-state index < -0.39 is 0 Å². The van der Waals surface area contributed by atoms with E-state index in [1.165, 1.54) is 6.26 Å². The van der Waals surface area contributed by atoms with E-state index in [1.54, 1.807) is 12.1 Å². The summed E-state index contributed by atoms with van der Waals surface area (Å²) in [5.41, 5.74) is 1.55. The molecule has 0 unspecified atom stereocenters. The third-order valence-corrected chi connectivity index (χ3v) is 6.42. The van der Waals surface area contributed by atoms with E-state index in [0.29, 0.717) is 34.9 Å². The molecule has 30 heavy (non-hydrogen) atoms. The Balaban J connectivity index is 1.49. The van der Waals surface area contributed by atoms with E-state index in [9.17, 15) is 4.79 Å². The summed E-state index contributed by atoms with van der Waals surface area (Å²) >= 11 is 6.55. The summed E-state index contributed by atoms with van der Waals surface area (Å²) in [6, 6.07) is 9.33. The molecule has 0 spiro atoms. The number of hydrogen-bond donors (Lipinski definition) is 0. The second-order valence-electron chi connectivity index (χ2n) is 8.16. The molecule has 2 aliphatic rings. The lowest BCUT2D eigenvalue weighted by Crippen LogP contribution is -2.41. The van der Waals surface area contributed by atoms with Crippen LogP contribution in [0.2, 0.25) is 5.15 Å². The quantitative estimate of drug-likeness (QED) is 0.520. The Morgan fingerprint density at radius 3 is 2.67 bits per heavy atom. The molecule has 3 aromatic rings. The van der Waals surface area contributed by atoms with Crippen LogP contribution in [0.15, 0.2) is 41.0 Å². The minimum absolute atomic E-state index is 0.110. The lowest BCUT2D eigenvalue weighted by atomic mass is 9.86. The molecule has 0 bridgehead atoms. The van der Waals surface area contributed by atoms with E-state index >= 15 is 0 Å².